The smallest absolute Gasteiger partial charge is 0.232 e. The number of thiazole rings is 4. The van der Waals surface area contributed by atoms with Crippen molar-refractivity contribution >= 4 is 56.9 Å². The summed E-state index contributed by atoms with van der Waals surface area (Å²) in [6, 6.07) is 16.7. The van der Waals surface area contributed by atoms with Gasteiger partial charge in [0, 0.05) is 11.1 Å². The lowest BCUT2D eigenvalue weighted by Crippen LogP contribution is -1.99. The van der Waals surface area contributed by atoms with Crippen molar-refractivity contribution < 1.29 is 9.59 Å². The van der Waals surface area contributed by atoms with Gasteiger partial charge >= 0.3 is 0 Å². The highest BCUT2D eigenvalue weighted by molar-refractivity contribution is 7.29. The van der Waals surface area contributed by atoms with Gasteiger partial charge in [0.05, 0.1) is 19.5 Å². The number of fused-ring (bicyclic) bond motifs is 6. The highest BCUT2D eigenvalue weighted by Crippen LogP contribution is 2.51. The average Bonchev–Trinajstić information content (AvgIpc) is 3.85. The maximum absolute atomic E-state index is 13.3. The Morgan fingerprint density at radius 2 is 0.953 bits per heavy atom. The third kappa shape index (κ3) is 4.47. The Morgan fingerprint density at radius 1 is 0.535 bits per heavy atom. The summed E-state index contributed by atoms with van der Waals surface area (Å²) in [7, 11) is 0. The van der Waals surface area contributed by atoms with Crippen molar-refractivity contribution in [1.29, 1.82) is 0 Å². The van der Waals surface area contributed by atoms with Crippen LogP contribution >= 0.6 is 45.3 Å². The largest absolute Gasteiger partial charge is 0.285 e. The Hall–Kier alpha value is -3.70. The Morgan fingerprint density at radius 3 is 1.42 bits per heavy atom. The minimum atomic E-state index is -0.149. The summed E-state index contributed by atoms with van der Waals surface area (Å²) in [5.74, 6) is -0.293. The minimum absolute atomic E-state index is 0.143. The molecule has 6 aromatic rings. The van der Waals surface area contributed by atoms with E-state index in [-0.39, 0.29) is 11.6 Å². The Kier molecular flexibility index (Phi) is 6.56. The van der Waals surface area contributed by atoms with Crippen molar-refractivity contribution in [3.05, 3.63) is 82.4 Å². The zero-order valence-electron chi connectivity index (χ0n) is 23.4. The molecule has 2 aliphatic carbocycles. The third-order valence-electron chi connectivity index (χ3n) is 7.78. The molecular formula is C33H24N4O2S4. The van der Waals surface area contributed by atoms with Crippen molar-refractivity contribution in [2.75, 3.05) is 0 Å². The molecule has 2 aromatic carbocycles. The predicted octanol–water partition coefficient (Wildman–Crippen LogP) is 9.37. The number of unbranched alkanes of at least 4 members (excludes halogenated alkanes) is 3. The molecule has 0 N–H and O–H groups in total. The molecule has 0 saturated carbocycles. The first-order valence-corrected chi connectivity index (χ1v) is 17.5. The van der Waals surface area contributed by atoms with Crippen LogP contribution in [0.25, 0.3) is 50.7 Å². The number of aromatic nitrogens is 4. The molecule has 212 valence electrons. The summed E-state index contributed by atoms with van der Waals surface area (Å²) in [4.78, 5) is 48.7. The fourth-order valence-corrected chi connectivity index (χ4v) is 9.97. The zero-order valence-corrected chi connectivity index (χ0v) is 26.7. The number of nitrogens with zero attached hydrogens (tertiary/aromatic N) is 4. The summed E-state index contributed by atoms with van der Waals surface area (Å²) in [6.45, 7) is 4.28. The van der Waals surface area contributed by atoms with Crippen LogP contribution in [-0.2, 0) is 6.42 Å². The number of hydrogen-bond donors (Lipinski definition) is 0. The third-order valence-corrected chi connectivity index (χ3v) is 12.6. The van der Waals surface area contributed by atoms with E-state index in [2.05, 4.69) is 41.2 Å². The number of rotatable bonds is 8. The van der Waals surface area contributed by atoms with Crippen LogP contribution in [-0.4, -0.2) is 31.5 Å². The molecular weight excluding hydrogens is 613 g/mol. The fourth-order valence-electron chi connectivity index (χ4n) is 5.43. The van der Waals surface area contributed by atoms with Crippen molar-refractivity contribution in [2.24, 2.45) is 0 Å². The van der Waals surface area contributed by atoms with Gasteiger partial charge in [-0.25, -0.2) is 19.9 Å². The first-order chi connectivity index (χ1) is 21.0. The predicted molar refractivity (Wildman–Crippen MR) is 176 cm³/mol. The van der Waals surface area contributed by atoms with Gasteiger partial charge in [-0.05, 0) is 25.3 Å². The van der Waals surface area contributed by atoms with Crippen LogP contribution in [0, 0.1) is 6.92 Å². The highest BCUT2D eigenvalue weighted by atomic mass is 32.1. The molecule has 8 rings (SSSR count). The fraction of sp³-hybridized carbons (Fsp3) is 0.212. The lowest BCUT2D eigenvalue weighted by atomic mass is 10.0. The summed E-state index contributed by atoms with van der Waals surface area (Å²) in [6.07, 6.45) is 6.08. The van der Waals surface area contributed by atoms with Crippen molar-refractivity contribution in [2.45, 2.75) is 46.0 Å². The van der Waals surface area contributed by atoms with E-state index in [9.17, 15) is 9.59 Å². The van der Waals surface area contributed by atoms with E-state index in [0.717, 1.165) is 47.1 Å². The number of hydrogen-bond acceptors (Lipinski definition) is 10. The standard InChI is InChI=1S/C33H24N4O2S4/c1-3-4-5-6-7-17-10-14-19(15-11-17)31-35-21-25(39)23-29(27(21)41-31)43-33(37-23)32-36-22-24(38)20-26(28(22)42-32)40-30(34-20)18-12-8-16(2)9-13-18/h8-15H,3-7H2,1-2H3. The summed E-state index contributed by atoms with van der Waals surface area (Å²) >= 11 is 5.95. The van der Waals surface area contributed by atoms with Gasteiger partial charge in [0.1, 0.15) is 32.8 Å². The SMILES string of the molecule is CCCCCCc1ccc(-c2nc3c(s2)-c2sc(-c4nc5c(s4)-c4sc(-c6ccc(C)cc6)nc4C5=O)nc2C3=O)cc1. The minimum Gasteiger partial charge on any atom is -0.285 e. The molecule has 0 bridgehead atoms. The molecule has 0 saturated heterocycles. The van der Waals surface area contributed by atoms with E-state index < -0.39 is 0 Å². The second-order valence-electron chi connectivity index (χ2n) is 10.8. The van der Waals surface area contributed by atoms with Crippen molar-refractivity contribution in [3.63, 3.8) is 0 Å². The molecule has 0 unspecified atom stereocenters. The Bertz CT molecular complexity index is 2060. The van der Waals surface area contributed by atoms with E-state index in [1.807, 2.05) is 31.2 Å². The lowest BCUT2D eigenvalue weighted by Gasteiger charge is -2.02. The highest BCUT2D eigenvalue weighted by Gasteiger charge is 2.39. The van der Waals surface area contributed by atoms with Crippen LogP contribution in [0.4, 0.5) is 0 Å². The first kappa shape index (κ1) is 26.9. The Labute approximate surface area is 264 Å². The van der Waals surface area contributed by atoms with Gasteiger partial charge in [-0.3, -0.25) is 9.59 Å². The molecule has 0 fully saturated rings. The number of carbonyl (C=O) groups is 2. The van der Waals surface area contributed by atoms with Crippen LogP contribution in [0.15, 0.2) is 48.5 Å². The molecule has 0 spiro atoms. The molecule has 0 atom stereocenters. The quantitative estimate of drug-likeness (QED) is 0.155. The van der Waals surface area contributed by atoms with Gasteiger partial charge in [0.15, 0.2) is 10.0 Å². The second kappa shape index (κ2) is 10.5. The van der Waals surface area contributed by atoms with Crippen LogP contribution in [0.3, 0.4) is 0 Å². The number of ketones is 2. The maximum Gasteiger partial charge on any atom is 0.232 e. The van der Waals surface area contributed by atoms with Crippen LogP contribution in [0.5, 0.6) is 0 Å². The van der Waals surface area contributed by atoms with E-state index in [1.54, 1.807) is 0 Å². The zero-order chi connectivity index (χ0) is 29.2. The molecule has 4 heterocycles. The van der Waals surface area contributed by atoms with E-state index in [4.69, 9.17) is 9.97 Å². The van der Waals surface area contributed by atoms with Gasteiger partial charge in [-0.2, -0.15) is 0 Å². The summed E-state index contributed by atoms with van der Waals surface area (Å²) in [5, 5.41) is 2.98. The van der Waals surface area contributed by atoms with Crippen molar-refractivity contribution in [3.8, 4) is 50.7 Å². The number of carbonyl (C=O) groups excluding carboxylic acids is 2. The van der Waals surface area contributed by atoms with Gasteiger partial charge in [0.25, 0.3) is 0 Å². The molecule has 4 aromatic heterocycles. The number of aryl methyl sites for hydroxylation is 2. The molecule has 2 aliphatic rings. The van der Waals surface area contributed by atoms with Crippen LogP contribution in [0.1, 0.15) is 76.1 Å². The average molecular weight is 637 g/mol. The van der Waals surface area contributed by atoms with Crippen LogP contribution in [0.2, 0.25) is 0 Å². The molecule has 6 nitrogen and oxygen atoms in total. The summed E-state index contributed by atoms with van der Waals surface area (Å²) < 4.78 is 0. The van der Waals surface area contributed by atoms with E-state index >= 15 is 0 Å². The molecule has 0 aliphatic heterocycles. The molecule has 0 radical (unpaired) electrons. The Balaban J connectivity index is 1.07. The normalized spacial score (nSPS) is 13.0. The van der Waals surface area contributed by atoms with E-state index in [1.165, 1.54) is 82.2 Å². The monoisotopic (exact) mass is 636 g/mol. The van der Waals surface area contributed by atoms with Crippen LogP contribution < -0.4 is 0 Å². The van der Waals surface area contributed by atoms with Gasteiger partial charge < -0.3 is 0 Å². The number of benzene rings is 2. The van der Waals surface area contributed by atoms with Gasteiger partial charge in [-0.1, -0.05) is 80.3 Å². The van der Waals surface area contributed by atoms with E-state index in [0.29, 0.717) is 32.8 Å². The second-order valence-corrected chi connectivity index (χ2v) is 14.8. The topological polar surface area (TPSA) is 85.7 Å². The molecule has 43 heavy (non-hydrogen) atoms. The van der Waals surface area contributed by atoms with Crippen molar-refractivity contribution in [1.82, 2.24) is 19.9 Å². The first-order valence-electron chi connectivity index (χ1n) is 14.3. The maximum atomic E-state index is 13.3. The lowest BCUT2D eigenvalue weighted by molar-refractivity contribution is 0.102. The molecule has 10 heteroatoms. The summed E-state index contributed by atoms with van der Waals surface area (Å²) in [5.41, 5.74) is 6.36. The van der Waals surface area contributed by atoms with Gasteiger partial charge in [0.2, 0.25) is 11.6 Å². The molecule has 0 amide bonds. The van der Waals surface area contributed by atoms with Gasteiger partial charge in [-0.15, -0.1) is 45.3 Å².